The molecule has 90 valence electrons. The van der Waals surface area contributed by atoms with Crippen LogP contribution in [0.2, 0.25) is 0 Å². The van der Waals surface area contributed by atoms with E-state index in [4.69, 9.17) is 5.84 Å². The van der Waals surface area contributed by atoms with Gasteiger partial charge in [0.25, 0.3) is 0 Å². The number of aromatic nitrogens is 2. The fraction of sp³-hybridized carbons (Fsp3) is 0.600. The number of nitrogens with two attached hydrogens (primary N) is 1. The second kappa shape index (κ2) is 6.65. The molecule has 0 fully saturated rings. The van der Waals surface area contributed by atoms with Gasteiger partial charge < -0.3 is 4.90 Å². The highest BCUT2D eigenvalue weighted by molar-refractivity contribution is 9.10. The quantitative estimate of drug-likeness (QED) is 0.620. The van der Waals surface area contributed by atoms with Gasteiger partial charge in [-0.2, -0.15) is 4.98 Å². The smallest absolute Gasteiger partial charge is 0.239 e. The standard InChI is InChI=1S/C10H18BrN5/c1-3-5-16(6-4-2)9-8(11)7-13-10(14-9)15-12/h7H,3-6,12H2,1-2H3,(H,13,14,15). The molecule has 1 heterocycles. The normalized spacial score (nSPS) is 10.2. The van der Waals surface area contributed by atoms with Crippen molar-refractivity contribution in [3.8, 4) is 0 Å². The second-order valence-electron chi connectivity index (χ2n) is 3.50. The number of nitrogens with zero attached hydrogens (tertiary/aromatic N) is 3. The summed E-state index contributed by atoms with van der Waals surface area (Å²) >= 11 is 3.46. The van der Waals surface area contributed by atoms with E-state index in [1.54, 1.807) is 6.20 Å². The third kappa shape index (κ3) is 3.31. The van der Waals surface area contributed by atoms with Crippen molar-refractivity contribution in [1.29, 1.82) is 0 Å². The average Bonchev–Trinajstić information content (AvgIpc) is 2.29. The highest BCUT2D eigenvalue weighted by Crippen LogP contribution is 2.24. The molecule has 0 amide bonds. The minimum atomic E-state index is 0.440. The molecular weight excluding hydrogens is 270 g/mol. The number of hydrazine groups is 1. The zero-order valence-electron chi connectivity index (χ0n) is 9.70. The van der Waals surface area contributed by atoms with Crippen LogP contribution < -0.4 is 16.2 Å². The fourth-order valence-electron chi connectivity index (χ4n) is 1.51. The number of nitrogens with one attached hydrogen (secondary N) is 1. The van der Waals surface area contributed by atoms with E-state index in [1.165, 1.54) is 0 Å². The lowest BCUT2D eigenvalue weighted by atomic mass is 10.3. The van der Waals surface area contributed by atoms with Gasteiger partial charge in [0.2, 0.25) is 5.95 Å². The third-order valence-corrected chi connectivity index (χ3v) is 2.70. The molecule has 0 saturated heterocycles. The van der Waals surface area contributed by atoms with Crippen LogP contribution in [0.15, 0.2) is 10.7 Å². The van der Waals surface area contributed by atoms with Crippen molar-refractivity contribution in [1.82, 2.24) is 9.97 Å². The van der Waals surface area contributed by atoms with Crippen molar-refractivity contribution < 1.29 is 0 Å². The van der Waals surface area contributed by atoms with E-state index in [0.717, 1.165) is 36.2 Å². The third-order valence-electron chi connectivity index (χ3n) is 2.14. The maximum Gasteiger partial charge on any atom is 0.239 e. The Morgan fingerprint density at radius 3 is 2.50 bits per heavy atom. The SMILES string of the molecule is CCCN(CCC)c1nc(NN)ncc1Br. The van der Waals surface area contributed by atoms with Gasteiger partial charge in [-0.15, -0.1) is 0 Å². The molecule has 0 aliphatic carbocycles. The summed E-state index contributed by atoms with van der Waals surface area (Å²) in [6, 6.07) is 0. The lowest BCUT2D eigenvalue weighted by molar-refractivity contribution is 0.731. The molecule has 0 spiro atoms. The summed E-state index contributed by atoms with van der Waals surface area (Å²) in [6.07, 6.45) is 3.89. The lowest BCUT2D eigenvalue weighted by Gasteiger charge is -2.23. The molecule has 3 N–H and O–H groups in total. The molecule has 0 bridgehead atoms. The van der Waals surface area contributed by atoms with E-state index in [-0.39, 0.29) is 0 Å². The molecule has 0 saturated carbocycles. The maximum atomic E-state index is 5.31. The summed E-state index contributed by atoms with van der Waals surface area (Å²) in [6.45, 7) is 6.26. The van der Waals surface area contributed by atoms with E-state index >= 15 is 0 Å². The monoisotopic (exact) mass is 287 g/mol. The van der Waals surface area contributed by atoms with Crippen molar-refractivity contribution in [3.05, 3.63) is 10.7 Å². The summed E-state index contributed by atoms with van der Waals surface area (Å²) in [7, 11) is 0. The minimum absolute atomic E-state index is 0.440. The molecule has 0 aliphatic heterocycles. The highest BCUT2D eigenvalue weighted by Gasteiger charge is 2.11. The van der Waals surface area contributed by atoms with Gasteiger partial charge >= 0.3 is 0 Å². The van der Waals surface area contributed by atoms with Gasteiger partial charge in [-0.05, 0) is 28.8 Å². The van der Waals surface area contributed by atoms with Crippen LogP contribution in [-0.4, -0.2) is 23.1 Å². The Balaban J connectivity index is 2.96. The zero-order chi connectivity index (χ0) is 12.0. The van der Waals surface area contributed by atoms with E-state index in [9.17, 15) is 0 Å². The van der Waals surface area contributed by atoms with Gasteiger partial charge in [-0.25, -0.2) is 10.8 Å². The molecule has 0 aliphatic rings. The summed E-state index contributed by atoms with van der Waals surface area (Å²) < 4.78 is 0.897. The van der Waals surface area contributed by atoms with Crippen LogP contribution in [0.4, 0.5) is 11.8 Å². The fourth-order valence-corrected chi connectivity index (χ4v) is 1.95. The van der Waals surface area contributed by atoms with Crippen LogP contribution in [0.3, 0.4) is 0 Å². The van der Waals surface area contributed by atoms with Crippen molar-refractivity contribution in [2.24, 2.45) is 5.84 Å². The summed E-state index contributed by atoms with van der Waals surface area (Å²) in [5.41, 5.74) is 2.46. The molecular formula is C10H18BrN5. The van der Waals surface area contributed by atoms with Crippen molar-refractivity contribution in [3.63, 3.8) is 0 Å². The van der Waals surface area contributed by atoms with E-state index in [1.807, 2.05) is 0 Å². The Labute approximate surface area is 105 Å². The predicted molar refractivity (Wildman–Crippen MR) is 70.3 cm³/mol. The summed E-state index contributed by atoms with van der Waals surface area (Å²) in [4.78, 5) is 10.6. The number of nitrogen functional groups attached to an aromatic ring is 1. The zero-order valence-corrected chi connectivity index (χ0v) is 11.3. The van der Waals surface area contributed by atoms with Crippen LogP contribution in [0.1, 0.15) is 26.7 Å². The molecule has 1 rings (SSSR count). The first-order valence-corrected chi connectivity index (χ1v) is 6.26. The largest absolute Gasteiger partial charge is 0.356 e. The Bertz CT molecular complexity index is 325. The number of hydrogen-bond acceptors (Lipinski definition) is 5. The van der Waals surface area contributed by atoms with Crippen LogP contribution in [0.25, 0.3) is 0 Å². The molecule has 0 atom stereocenters. The molecule has 1 aromatic rings. The Morgan fingerprint density at radius 1 is 1.38 bits per heavy atom. The number of halogens is 1. The summed E-state index contributed by atoms with van der Waals surface area (Å²) in [5.74, 6) is 6.64. The maximum absolute atomic E-state index is 5.31. The molecule has 5 nitrogen and oxygen atoms in total. The summed E-state index contributed by atoms with van der Waals surface area (Å²) in [5, 5.41) is 0. The molecule has 6 heteroatoms. The first-order valence-electron chi connectivity index (χ1n) is 5.47. The molecule has 16 heavy (non-hydrogen) atoms. The van der Waals surface area contributed by atoms with Crippen LogP contribution in [0.5, 0.6) is 0 Å². The molecule has 1 aromatic heterocycles. The molecule has 0 radical (unpaired) electrons. The average molecular weight is 288 g/mol. The Kier molecular flexibility index (Phi) is 5.48. The Hall–Kier alpha value is -0.880. The van der Waals surface area contributed by atoms with Gasteiger partial charge in [-0.3, -0.25) is 5.43 Å². The number of hydrogen-bond donors (Lipinski definition) is 2. The first-order chi connectivity index (χ1) is 7.72. The lowest BCUT2D eigenvalue weighted by Crippen LogP contribution is -2.27. The van der Waals surface area contributed by atoms with Crippen molar-refractivity contribution >= 4 is 27.7 Å². The molecule has 0 aromatic carbocycles. The Morgan fingerprint density at radius 2 is 2.00 bits per heavy atom. The van der Waals surface area contributed by atoms with Gasteiger partial charge in [0.05, 0.1) is 4.47 Å². The number of rotatable bonds is 6. The van der Waals surface area contributed by atoms with E-state index in [0.29, 0.717) is 5.95 Å². The van der Waals surface area contributed by atoms with Crippen molar-refractivity contribution in [2.45, 2.75) is 26.7 Å². The van der Waals surface area contributed by atoms with Crippen molar-refractivity contribution in [2.75, 3.05) is 23.4 Å². The molecule has 0 unspecified atom stereocenters. The van der Waals surface area contributed by atoms with Crippen LogP contribution in [0, 0.1) is 0 Å². The number of anilines is 2. The second-order valence-corrected chi connectivity index (χ2v) is 4.35. The van der Waals surface area contributed by atoms with Gasteiger partial charge in [0, 0.05) is 19.3 Å². The van der Waals surface area contributed by atoms with E-state index in [2.05, 4.69) is 50.1 Å². The van der Waals surface area contributed by atoms with Gasteiger partial charge in [0.15, 0.2) is 0 Å². The highest BCUT2D eigenvalue weighted by atomic mass is 79.9. The predicted octanol–water partition coefficient (Wildman–Crippen LogP) is 2.15. The van der Waals surface area contributed by atoms with Gasteiger partial charge in [0.1, 0.15) is 5.82 Å². The topological polar surface area (TPSA) is 67.1 Å². The van der Waals surface area contributed by atoms with Crippen LogP contribution in [-0.2, 0) is 0 Å². The van der Waals surface area contributed by atoms with E-state index < -0.39 is 0 Å². The van der Waals surface area contributed by atoms with Gasteiger partial charge in [-0.1, -0.05) is 13.8 Å². The van der Waals surface area contributed by atoms with Crippen LogP contribution >= 0.6 is 15.9 Å². The minimum Gasteiger partial charge on any atom is -0.356 e. The first kappa shape index (κ1) is 13.2.